The SMILES string of the molecule is CCCN(CC1CCCN1)c1ccc(C(=O)N(C)C)nn1. The molecular formula is C15H25N5O. The standard InChI is InChI=1S/C15H25N5O/c1-4-10-20(11-12-6-5-9-16-12)14-8-7-13(17-18-14)15(21)19(2)3/h7-8,12,16H,4-6,9-11H2,1-3H3. The maximum Gasteiger partial charge on any atom is 0.273 e. The number of amides is 1. The van der Waals surface area contributed by atoms with E-state index < -0.39 is 0 Å². The third kappa shape index (κ3) is 4.14. The van der Waals surface area contributed by atoms with Gasteiger partial charge in [-0.1, -0.05) is 6.92 Å². The first-order valence-electron chi connectivity index (χ1n) is 7.65. The van der Waals surface area contributed by atoms with Gasteiger partial charge in [-0.2, -0.15) is 0 Å². The van der Waals surface area contributed by atoms with Gasteiger partial charge in [-0.25, -0.2) is 0 Å². The summed E-state index contributed by atoms with van der Waals surface area (Å²) >= 11 is 0. The fourth-order valence-corrected chi connectivity index (χ4v) is 2.58. The summed E-state index contributed by atoms with van der Waals surface area (Å²) in [6.45, 7) is 5.16. The zero-order valence-corrected chi connectivity index (χ0v) is 13.2. The lowest BCUT2D eigenvalue weighted by molar-refractivity contribution is 0.0821. The van der Waals surface area contributed by atoms with Crippen LogP contribution >= 0.6 is 0 Å². The van der Waals surface area contributed by atoms with Crippen LogP contribution in [0.1, 0.15) is 36.7 Å². The molecule has 1 aliphatic heterocycles. The molecule has 1 fully saturated rings. The maximum absolute atomic E-state index is 11.8. The lowest BCUT2D eigenvalue weighted by Crippen LogP contribution is -2.38. The third-order valence-corrected chi connectivity index (χ3v) is 3.70. The summed E-state index contributed by atoms with van der Waals surface area (Å²) in [5, 5.41) is 11.8. The molecule has 0 radical (unpaired) electrons. The van der Waals surface area contributed by atoms with E-state index in [-0.39, 0.29) is 5.91 Å². The molecule has 1 aliphatic rings. The average Bonchev–Trinajstić information content (AvgIpc) is 2.99. The predicted molar refractivity (Wildman–Crippen MR) is 83.6 cm³/mol. The Morgan fingerprint density at radius 2 is 2.19 bits per heavy atom. The molecular weight excluding hydrogens is 266 g/mol. The van der Waals surface area contributed by atoms with Gasteiger partial charge in [0, 0.05) is 33.2 Å². The topological polar surface area (TPSA) is 61.4 Å². The molecule has 0 aliphatic carbocycles. The van der Waals surface area contributed by atoms with E-state index >= 15 is 0 Å². The summed E-state index contributed by atoms with van der Waals surface area (Å²) in [5.41, 5.74) is 0.388. The second-order valence-electron chi connectivity index (χ2n) is 5.72. The molecule has 2 heterocycles. The van der Waals surface area contributed by atoms with Crippen molar-refractivity contribution in [2.45, 2.75) is 32.2 Å². The van der Waals surface area contributed by atoms with Crippen molar-refractivity contribution in [3.05, 3.63) is 17.8 Å². The highest BCUT2D eigenvalue weighted by molar-refractivity contribution is 5.91. The minimum Gasteiger partial charge on any atom is -0.354 e. The summed E-state index contributed by atoms with van der Waals surface area (Å²) in [4.78, 5) is 15.6. The van der Waals surface area contributed by atoms with Crippen LogP contribution in [0.2, 0.25) is 0 Å². The van der Waals surface area contributed by atoms with E-state index in [1.54, 1.807) is 20.2 Å². The van der Waals surface area contributed by atoms with Crippen LogP contribution in [0.25, 0.3) is 0 Å². The second-order valence-corrected chi connectivity index (χ2v) is 5.72. The van der Waals surface area contributed by atoms with Crippen molar-refractivity contribution in [1.82, 2.24) is 20.4 Å². The highest BCUT2D eigenvalue weighted by Gasteiger charge is 2.19. The van der Waals surface area contributed by atoms with Crippen molar-refractivity contribution in [3.8, 4) is 0 Å². The molecule has 1 aromatic rings. The number of hydrogen-bond acceptors (Lipinski definition) is 5. The Morgan fingerprint density at radius 1 is 1.38 bits per heavy atom. The molecule has 0 aromatic carbocycles. The summed E-state index contributed by atoms with van der Waals surface area (Å²) in [6, 6.07) is 4.19. The zero-order chi connectivity index (χ0) is 15.2. The molecule has 1 unspecified atom stereocenters. The summed E-state index contributed by atoms with van der Waals surface area (Å²) < 4.78 is 0. The van der Waals surface area contributed by atoms with Gasteiger partial charge >= 0.3 is 0 Å². The van der Waals surface area contributed by atoms with Gasteiger partial charge in [-0.15, -0.1) is 10.2 Å². The largest absolute Gasteiger partial charge is 0.354 e. The van der Waals surface area contributed by atoms with Crippen LogP contribution < -0.4 is 10.2 Å². The molecule has 0 bridgehead atoms. The maximum atomic E-state index is 11.8. The van der Waals surface area contributed by atoms with Gasteiger partial charge in [0.15, 0.2) is 11.5 Å². The van der Waals surface area contributed by atoms with Crippen molar-refractivity contribution >= 4 is 11.7 Å². The molecule has 1 atom stereocenters. The molecule has 6 nitrogen and oxygen atoms in total. The van der Waals surface area contributed by atoms with Gasteiger partial charge in [0.05, 0.1) is 0 Å². The predicted octanol–water partition coefficient (Wildman–Crippen LogP) is 1.15. The molecule has 1 N–H and O–H groups in total. The molecule has 0 spiro atoms. The van der Waals surface area contributed by atoms with Crippen molar-refractivity contribution in [1.29, 1.82) is 0 Å². The lowest BCUT2D eigenvalue weighted by Gasteiger charge is -2.26. The van der Waals surface area contributed by atoms with Crippen LogP contribution in [0.3, 0.4) is 0 Å². The van der Waals surface area contributed by atoms with E-state index in [1.807, 2.05) is 6.07 Å². The first-order valence-corrected chi connectivity index (χ1v) is 7.65. The van der Waals surface area contributed by atoms with Crippen LogP contribution in [0.5, 0.6) is 0 Å². The highest BCUT2D eigenvalue weighted by Crippen LogP contribution is 2.14. The Kier molecular flexibility index (Phi) is 5.50. The van der Waals surface area contributed by atoms with E-state index in [9.17, 15) is 4.79 Å². The molecule has 116 valence electrons. The van der Waals surface area contributed by atoms with E-state index in [4.69, 9.17) is 0 Å². The van der Waals surface area contributed by atoms with Crippen molar-refractivity contribution in [3.63, 3.8) is 0 Å². The third-order valence-electron chi connectivity index (χ3n) is 3.70. The van der Waals surface area contributed by atoms with Crippen LogP contribution in [0.15, 0.2) is 12.1 Å². The van der Waals surface area contributed by atoms with Gasteiger partial charge in [-0.05, 0) is 37.9 Å². The Hall–Kier alpha value is -1.69. The molecule has 2 rings (SSSR count). The molecule has 6 heteroatoms. The summed E-state index contributed by atoms with van der Waals surface area (Å²) in [6.07, 6.45) is 3.52. The van der Waals surface area contributed by atoms with Crippen LogP contribution in [0, 0.1) is 0 Å². The van der Waals surface area contributed by atoms with Crippen LogP contribution in [-0.2, 0) is 0 Å². The fourth-order valence-electron chi connectivity index (χ4n) is 2.58. The van der Waals surface area contributed by atoms with Gasteiger partial charge in [0.1, 0.15) is 0 Å². The first kappa shape index (κ1) is 15.7. The normalized spacial score (nSPS) is 17.8. The van der Waals surface area contributed by atoms with Crippen LogP contribution in [0.4, 0.5) is 5.82 Å². The number of carbonyl (C=O) groups excluding carboxylic acids is 1. The number of nitrogens with one attached hydrogen (secondary N) is 1. The highest BCUT2D eigenvalue weighted by atomic mass is 16.2. The van der Waals surface area contributed by atoms with Crippen molar-refractivity contribution in [2.75, 3.05) is 38.6 Å². The number of aromatic nitrogens is 2. The van der Waals surface area contributed by atoms with Gasteiger partial charge in [0.25, 0.3) is 5.91 Å². The zero-order valence-electron chi connectivity index (χ0n) is 13.2. The summed E-state index contributed by atoms with van der Waals surface area (Å²) in [7, 11) is 3.43. The molecule has 0 saturated carbocycles. The monoisotopic (exact) mass is 291 g/mol. The quantitative estimate of drug-likeness (QED) is 0.852. The number of anilines is 1. The van der Waals surface area contributed by atoms with Gasteiger partial charge < -0.3 is 15.1 Å². The van der Waals surface area contributed by atoms with E-state index in [1.165, 1.54) is 17.7 Å². The average molecular weight is 291 g/mol. The molecule has 1 amide bonds. The minimum atomic E-state index is -0.117. The van der Waals surface area contributed by atoms with Gasteiger partial charge in [-0.3, -0.25) is 4.79 Å². The first-order chi connectivity index (χ1) is 10.1. The van der Waals surface area contributed by atoms with Gasteiger partial charge in [0.2, 0.25) is 0 Å². The fraction of sp³-hybridized carbons (Fsp3) is 0.667. The molecule has 1 saturated heterocycles. The van der Waals surface area contributed by atoms with E-state index in [0.717, 1.165) is 31.9 Å². The molecule has 1 aromatic heterocycles. The smallest absolute Gasteiger partial charge is 0.273 e. The second kappa shape index (κ2) is 7.36. The van der Waals surface area contributed by atoms with E-state index in [2.05, 4.69) is 27.3 Å². The number of hydrogen-bond donors (Lipinski definition) is 1. The Labute approximate surface area is 126 Å². The van der Waals surface area contributed by atoms with Crippen molar-refractivity contribution in [2.24, 2.45) is 0 Å². The van der Waals surface area contributed by atoms with Crippen LogP contribution in [-0.4, -0.2) is 60.8 Å². The molecule has 21 heavy (non-hydrogen) atoms. The lowest BCUT2D eigenvalue weighted by atomic mass is 10.2. The summed E-state index contributed by atoms with van der Waals surface area (Å²) in [5.74, 6) is 0.731. The van der Waals surface area contributed by atoms with Crippen molar-refractivity contribution < 1.29 is 4.79 Å². The number of carbonyl (C=O) groups is 1. The minimum absolute atomic E-state index is 0.117. The Balaban J connectivity index is 2.07. The number of rotatable bonds is 6. The number of nitrogens with zero attached hydrogens (tertiary/aromatic N) is 4. The Bertz CT molecular complexity index is 454. The Morgan fingerprint density at radius 3 is 2.71 bits per heavy atom. The van der Waals surface area contributed by atoms with E-state index in [0.29, 0.717) is 11.7 Å².